The van der Waals surface area contributed by atoms with Gasteiger partial charge in [0, 0.05) is 0 Å². The van der Waals surface area contributed by atoms with Gasteiger partial charge in [0.2, 0.25) is 0 Å². The van der Waals surface area contributed by atoms with E-state index in [0.717, 1.165) is 26.3 Å². The molecule has 0 atom stereocenters. The third-order valence-electron chi connectivity index (χ3n) is 0. The summed E-state index contributed by atoms with van der Waals surface area (Å²) in [6.07, 6.45) is 0. The van der Waals surface area contributed by atoms with E-state index in [4.69, 9.17) is 10.5 Å². The fraction of sp³-hybridized carbons (Fsp3) is 0. The molecule has 0 radical (unpaired) electrons. The molecule has 8 heteroatoms. The molecule has 0 heterocycles. The molecule has 0 bridgehead atoms. The van der Waals surface area contributed by atoms with Crippen molar-refractivity contribution in [3.05, 3.63) is 0 Å². The van der Waals surface area contributed by atoms with E-state index in [0.29, 0.717) is 0 Å². The molecule has 0 aliphatic heterocycles. The summed E-state index contributed by atoms with van der Waals surface area (Å²) in [7, 11) is 18.7. The predicted molar refractivity (Wildman–Crippen MR) is 28.7 cm³/mol. The average molecular weight is 303 g/mol. The summed E-state index contributed by atoms with van der Waals surface area (Å²) in [5.74, 6) is 0. The second-order valence-electron chi connectivity index (χ2n) is 0.0861. The molecule has 2 N–H and O–H groups in total. The van der Waals surface area contributed by atoms with E-state index in [-0.39, 0.29) is 0 Å². The van der Waals surface area contributed by atoms with Crippen LogP contribution >= 0.6 is 40.4 Å². The first kappa shape index (κ1) is 16.6. The van der Waals surface area contributed by atoms with Crippen LogP contribution in [0.4, 0.5) is 0 Å². The topological polar surface area (TPSA) is 40.5 Å². The van der Waals surface area contributed by atoms with Crippen molar-refractivity contribution >= 4 is 40.4 Å². The van der Waals surface area contributed by atoms with Crippen molar-refractivity contribution in [3.63, 3.8) is 0 Å². The molecule has 0 fully saturated rings. The number of hydrogen-bond donors (Lipinski definition) is 2. The van der Waals surface area contributed by atoms with Crippen LogP contribution in [-0.2, 0) is 26.3 Å². The van der Waals surface area contributed by atoms with E-state index in [1.54, 1.807) is 0 Å². The van der Waals surface area contributed by atoms with Crippen LogP contribution in [0.25, 0.3) is 0 Å². The molecule has 0 aromatic rings. The van der Waals surface area contributed by atoms with Crippen LogP contribution in [0.1, 0.15) is 0 Å². The van der Waals surface area contributed by atoms with Gasteiger partial charge in [-0.1, -0.05) is 0 Å². The number of hydrogen-bond acceptors (Lipinski definition) is 2. The van der Waals surface area contributed by atoms with Crippen molar-refractivity contribution in [1.82, 2.24) is 0 Å². The minimum absolute atomic E-state index is 0.757. The molecular formula is H2Cl4Cu2O2. The maximum atomic E-state index is 6.00. The molecule has 0 saturated carbocycles. The summed E-state index contributed by atoms with van der Waals surface area (Å²) >= 11 is 1.51. The van der Waals surface area contributed by atoms with Gasteiger partial charge >= 0.3 is 66.7 Å². The molecule has 0 aromatic heterocycles. The molecule has 0 amide bonds. The van der Waals surface area contributed by atoms with Crippen molar-refractivity contribution in [2.45, 2.75) is 0 Å². The van der Waals surface area contributed by atoms with Crippen molar-refractivity contribution in [2.24, 2.45) is 0 Å². The van der Waals surface area contributed by atoms with Gasteiger partial charge in [0.15, 0.2) is 0 Å². The summed E-state index contributed by atoms with van der Waals surface area (Å²) in [6, 6.07) is 0. The fourth-order valence-corrected chi connectivity index (χ4v) is 0. The van der Waals surface area contributed by atoms with Gasteiger partial charge in [-0.2, -0.15) is 0 Å². The molecule has 64 valence electrons. The first-order valence-corrected chi connectivity index (χ1v) is 5.84. The van der Waals surface area contributed by atoms with Gasteiger partial charge in [0.25, 0.3) is 0 Å². The predicted octanol–water partition coefficient (Wildman–Crippen LogP) is 2.77. The molecule has 0 rings (SSSR count). The zero-order chi connectivity index (χ0) is 7.41. The van der Waals surface area contributed by atoms with E-state index in [2.05, 4.69) is 40.4 Å². The zero-order valence-corrected chi connectivity index (χ0v) is 7.92. The van der Waals surface area contributed by atoms with Gasteiger partial charge in [-0.3, -0.25) is 10.5 Å². The van der Waals surface area contributed by atoms with Gasteiger partial charge in [0.1, 0.15) is 0 Å². The van der Waals surface area contributed by atoms with E-state index in [1.807, 2.05) is 0 Å². The normalized spacial score (nSPS) is 6.25. The van der Waals surface area contributed by atoms with Gasteiger partial charge in [-0.05, 0) is 0 Å². The molecule has 0 spiro atoms. The van der Waals surface area contributed by atoms with Crippen molar-refractivity contribution in [1.29, 1.82) is 0 Å². The first-order chi connectivity index (χ1) is 3.83. The van der Waals surface area contributed by atoms with E-state index >= 15 is 0 Å². The standard InChI is InChI=1S/4ClH.2Cu.H2O2/c;;;;;;1-2/h4*1H;;;1-2H/q;;;;2*+2;/p-4. The summed E-state index contributed by atoms with van der Waals surface area (Å²) in [6.45, 7) is 0. The Morgan fingerprint density at radius 1 is 0.750 bits per heavy atom. The Morgan fingerprint density at radius 2 is 0.750 bits per heavy atom. The monoisotopic (exact) mass is 300 g/mol. The van der Waals surface area contributed by atoms with Crippen LogP contribution in [0.5, 0.6) is 0 Å². The van der Waals surface area contributed by atoms with Gasteiger partial charge in [-0.15, -0.1) is 0 Å². The van der Waals surface area contributed by atoms with Crippen LogP contribution in [0, 0.1) is 0 Å². The molecule has 0 saturated heterocycles. The Kier molecular flexibility index (Phi) is 73.5. The Labute approximate surface area is 76.6 Å². The van der Waals surface area contributed by atoms with Crippen molar-refractivity contribution in [2.75, 3.05) is 0 Å². The molecule has 0 unspecified atom stereocenters. The summed E-state index contributed by atoms with van der Waals surface area (Å²) in [5.41, 5.74) is 0. The molecule has 0 aromatic carbocycles. The molecular weight excluding hydrogens is 301 g/mol. The molecule has 2 nitrogen and oxygen atoms in total. The van der Waals surface area contributed by atoms with Crippen LogP contribution in [0.3, 0.4) is 0 Å². The Balaban J connectivity index is -0.0000000483. The summed E-state index contributed by atoms with van der Waals surface area (Å²) < 4.78 is 0. The number of halogens is 4. The van der Waals surface area contributed by atoms with Crippen LogP contribution < -0.4 is 0 Å². The quantitative estimate of drug-likeness (QED) is 0.410. The van der Waals surface area contributed by atoms with Crippen LogP contribution in [0.15, 0.2) is 0 Å². The Hall–Kier alpha value is 2.12. The summed E-state index contributed by atoms with van der Waals surface area (Å²) in [5, 5.41) is 12.0. The minimum atomic E-state index is 0.757. The van der Waals surface area contributed by atoms with E-state index < -0.39 is 0 Å². The zero-order valence-electron chi connectivity index (χ0n) is 3.01. The fourth-order valence-electron chi connectivity index (χ4n) is 0. The second kappa shape index (κ2) is 35.4. The van der Waals surface area contributed by atoms with Crippen molar-refractivity contribution < 1.29 is 36.8 Å². The molecule has 0 aliphatic rings. The van der Waals surface area contributed by atoms with Gasteiger partial charge in [-0.25, -0.2) is 0 Å². The SMILES string of the molecule is OO.[Cl][Cu][Cl].[Cl][Cu][Cl]. The van der Waals surface area contributed by atoms with Crippen LogP contribution in [-0.4, -0.2) is 10.5 Å². The third kappa shape index (κ3) is 91.6. The van der Waals surface area contributed by atoms with Crippen molar-refractivity contribution in [3.8, 4) is 0 Å². The van der Waals surface area contributed by atoms with Gasteiger partial charge < -0.3 is 0 Å². The Morgan fingerprint density at radius 3 is 0.750 bits per heavy atom. The third-order valence-corrected chi connectivity index (χ3v) is 0. The Bertz CT molecular complexity index is 14.0. The van der Waals surface area contributed by atoms with Crippen LogP contribution in [0.2, 0.25) is 0 Å². The molecule has 8 heavy (non-hydrogen) atoms. The first-order valence-electron chi connectivity index (χ1n) is 0.656. The van der Waals surface area contributed by atoms with E-state index in [9.17, 15) is 0 Å². The summed E-state index contributed by atoms with van der Waals surface area (Å²) in [4.78, 5) is 0. The molecule has 0 aliphatic carbocycles. The second-order valence-corrected chi connectivity index (χ2v) is 3.20. The van der Waals surface area contributed by atoms with E-state index in [1.165, 1.54) is 0 Å². The average Bonchev–Trinajstić information content (AvgIpc) is 1.75. The van der Waals surface area contributed by atoms with Gasteiger partial charge in [0.05, 0.1) is 0 Å². The maximum absolute atomic E-state index is 6.00. The number of rotatable bonds is 0.